The minimum Gasteiger partial charge on any atom is -0.466 e. The lowest BCUT2D eigenvalue weighted by atomic mass is 10.2. The van der Waals surface area contributed by atoms with E-state index in [1.54, 1.807) is 0 Å². The first kappa shape index (κ1) is 14.7. The lowest BCUT2D eigenvalue weighted by molar-refractivity contribution is -0.143. The Labute approximate surface area is 120 Å². The summed E-state index contributed by atoms with van der Waals surface area (Å²) in [4.78, 5) is 16.0. The van der Waals surface area contributed by atoms with Crippen molar-refractivity contribution < 1.29 is 9.53 Å². The molecule has 0 bridgehead atoms. The number of benzene rings is 1. The van der Waals surface area contributed by atoms with Crippen molar-refractivity contribution in [2.24, 2.45) is 0 Å². The molecular weight excluding hydrogens is 254 g/mol. The molecule has 2 N–H and O–H groups in total. The number of ether oxygens (including phenoxy) is 1. The Hall–Kier alpha value is -1.75. The first-order chi connectivity index (χ1) is 9.69. The number of hydrogen-bond acceptors (Lipinski definition) is 5. The standard InChI is InChI=1S/C15H23N3O2/c1-2-20-15(19)7-8-17-9-11-18(12-10-17)14-5-3-13(16)4-6-14/h3-6H,2,7-12,16H2,1H3. The van der Waals surface area contributed by atoms with Crippen LogP contribution in [0.3, 0.4) is 0 Å². The fourth-order valence-electron chi connectivity index (χ4n) is 2.40. The summed E-state index contributed by atoms with van der Waals surface area (Å²) in [6.07, 6.45) is 0.482. The molecule has 0 unspecified atom stereocenters. The van der Waals surface area contributed by atoms with Gasteiger partial charge in [-0.25, -0.2) is 0 Å². The van der Waals surface area contributed by atoms with E-state index in [9.17, 15) is 4.79 Å². The number of nitrogens with two attached hydrogens (primary N) is 1. The number of carbonyl (C=O) groups is 1. The molecule has 0 amide bonds. The molecule has 0 aliphatic carbocycles. The van der Waals surface area contributed by atoms with Gasteiger partial charge in [0, 0.05) is 44.1 Å². The summed E-state index contributed by atoms with van der Waals surface area (Å²) in [5, 5.41) is 0. The van der Waals surface area contributed by atoms with Gasteiger partial charge in [-0.15, -0.1) is 0 Å². The summed E-state index contributed by atoms with van der Waals surface area (Å²) in [5.74, 6) is -0.103. The third kappa shape index (κ3) is 4.13. The van der Waals surface area contributed by atoms with Gasteiger partial charge in [-0.3, -0.25) is 9.69 Å². The molecule has 1 saturated heterocycles. The van der Waals surface area contributed by atoms with E-state index in [-0.39, 0.29) is 5.97 Å². The minimum atomic E-state index is -0.103. The van der Waals surface area contributed by atoms with E-state index < -0.39 is 0 Å². The molecule has 1 aromatic carbocycles. The van der Waals surface area contributed by atoms with Crippen LogP contribution in [0.1, 0.15) is 13.3 Å². The normalized spacial score (nSPS) is 16.1. The van der Waals surface area contributed by atoms with E-state index in [1.165, 1.54) is 5.69 Å². The predicted octanol–water partition coefficient (Wildman–Crippen LogP) is 1.34. The maximum Gasteiger partial charge on any atom is 0.307 e. The van der Waals surface area contributed by atoms with Crippen molar-refractivity contribution in [1.29, 1.82) is 0 Å². The van der Waals surface area contributed by atoms with E-state index in [1.807, 2.05) is 19.1 Å². The molecular formula is C15H23N3O2. The highest BCUT2D eigenvalue weighted by atomic mass is 16.5. The van der Waals surface area contributed by atoms with E-state index in [0.717, 1.165) is 38.4 Å². The third-order valence-corrected chi connectivity index (χ3v) is 3.57. The van der Waals surface area contributed by atoms with Crippen LogP contribution in [0.15, 0.2) is 24.3 Å². The van der Waals surface area contributed by atoms with Crippen LogP contribution >= 0.6 is 0 Å². The van der Waals surface area contributed by atoms with Crippen LogP contribution in [0.25, 0.3) is 0 Å². The number of piperazine rings is 1. The Kier molecular flexibility index (Phi) is 5.24. The van der Waals surface area contributed by atoms with Gasteiger partial charge in [-0.2, -0.15) is 0 Å². The second-order valence-electron chi connectivity index (χ2n) is 4.98. The van der Waals surface area contributed by atoms with Gasteiger partial charge in [0.15, 0.2) is 0 Å². The zero-order valence-corrected chi connectivity index (χ0v) is 12.0. The van der Waals surface area contributed by atoms with Crippen molar-refractivity contribution in [3.63, 3.8) is 0 Å². The summed E-state index contributed by atoms with van der Waals surface area (Å²) < 4.78 is 4.95. The number of carbonyl (C=O) groups excluding carboxylic acids is 1. The van der Waals surface area contributed by atoms with Gasteiger partial charge in [-0.1, -0.05) is 0 Å². The second kappa shape index (κ2) is 7.14. The maximum atomic E-state index is 11.3. The summed E-state index contributed by atoms with van der Waals surface area (Å²) in [6, 6.07) is 7.98. The number of anilines is 2. The van der Waals surface area contributed by atoms with E-state index in [0.29, 0.717) is 13.0 Å². The molecule has 5 nitrogen and oxygen atoms in total. The molecule has 1 heterocycles. The molecule has 2 rings (SSSR count). The van der Waals surface area contributed by atoms with Crippen molar-refractivity contribution in [2.45, 2.75) is 13.3 Å². The van der Waals surface area contributed by atoms with Crippen LogP contribution in [-0.4, -0.2) is 50.2 Å². The zero-order chi connectivity index (χ0) is 14.4. The quantitative estimate of drug-likeness (QED) is 0.650. The average Bonchev–Trinajstić information content (AvgIpc) is 2.47. The molecule has 1 aliphatic heterocycles. The maximum absolute atomic E-state index is 11.3. The zero-order valence-electron chi connectivity index (χ0n) is 12.0. The number of nitrogen functional groups attached to an aromatic ring is 1. The predicted molar refractivity (Wildman–Crippen MR) is 80.8 cm³/mol. The lowest BCUT2D eigenvalue weighted by Gasteiger charge is -2.36. The number of esters is 1. The molecule has 0 atom stereocenters. The van der Waals surface area contributed by atoms with Crippen molar-refractivity contribution in [1.82, 2.24) is 4.90 Å². The molecule has 110 valence electrons. The molecule has 0 spiro atoms. The first-order valence-electron chi connectivity index (χ1n) is 7.17. The molecule has 0 aromatic heterocycles. The molecule has 20 heavy (non-hydrogen) atoms. The van der Waals surface area contributed by atoms with Crippen LogP contribution in [0.5, 0.6) is 0 Å². The molecule has 1 fully saturated rings. The van der Waals surface area contributed by atoms with Gasteiger partial charge in [0.1, 0.15) is 0 Å². The molecule has 1 aliphatic rings. The van der Waals surface area contributed by atoms with Crippen molar-refractivity contribution >= 4 is 17.3 Å². The van der Waals surface area contributed by atoms with Crippen LogP contribution in [-0.2, 0) is 9.53 Å². The van der Waals surface area contributed by atoms with Gasteiger partial charge < -0.3 is 15.4 Å². The van der Waals surface area contributed by atoms with Crippen molar-refractivity contribution in [3.8, 4) is 0 Å². The van der Waals surface area contributed by atoms with Gasteiger partial charge in [-0.05, 0) is 31.2 Å². The number of nitrogens with zero attached hydrogens (tertiary/aromatic N) is 2. The lowest BCUT2D eigenvalue weighted by Crippen LogP contribution is -2.47. The third-order valence-electron chi connectivity index (χ3n) is 3.57. The smallest absolute Gasteiger partial charge is 0.307 e. The largest absolute Gasteiger partial charge is 0.466 e. The first-order valence-corrected chi connectivity index (χ1v) is 7.17. The van der Waals surface area contributed by atoms with E-state index in [2.05, 4.69) is 21.9 Å². The van der Waals surface area contributed by atoms with Crippen molar-refractivity contribution in [3.05, 3.63) is 24.3 Å². The van der Waals surface area contributed by atoms with Gasteiger partial charge in [0.05, 0.1) is 13.0 Å². The Morgan fingerprint density at radius 3 is 2.45 bits per heavy atom. The highest BCUT2D eigenvalue weighted by Crippen LogP contribution is 2.18. The highest BCUT2D eigenvalue weighted by Gasteiger charge is 2.17. The monoisotopic (exact) mass is 277 g/mol. The topological polar surface area (TPSA) is 58.8 Å². The number of hydrogen-bond donors (Lipinski definition) is 1. The summed E-state index contributed by atoms with van der Waals surface area (Å²) in [7, 11) is 0. The van der Waals surface area contributed by atoms with Crippen LogP contribution in [0, 0.1) is 0 Å². The molecule has 0 saturated carbocycles. The van der Waals surface area contributed by atoms with Gasteiger partial charge in [0.25, 0.3) is 0 Å². The van der Waals surface area contributed by atoms with Crippen LogP contribution in [0.4, 0.5) is 11.4 Å². The van der Waals surface area contributed by atoms with E-state index >= 15 is 0 Å². The fourth-order valence-corrected chi connectivity index (χ4v) is 2.40. The molecule has 5 heteroatoms. The summed E-state index contributed by atoms with van der Waals surface area (Å²) >= 11 is 0. The fraction of sp³-hybridized carbons (Fsp3) is 0.533. The number of rotatable bonds is 5. The highest BCUT2D eigenvalue weighted by molar-refractivity contribution is 5.69. The second-order valence-corrected chi connectivity index (χ2v) is 4.98. The van der Waals surface area contributed by atoms with E-state index in [4.69, 9.17) is 10.5 Å². The Morgan fingerprint density at radius 1 is 1.20 bits per heavy atom. The van der Waals surface area contributed by atoms with Crippen LogP contribution in [0.2, 0.25) is 0 Å². The minimum absolute atomic E-state index is 0.103. The Bertz CT molecular complexity index is 425. The van der Waals surface area contributed by atoms with Crippen LogP contribution < -0.4 is 10.6 Å². The van der Waals surface area contributed by atoms with Gasteiger partial charge >= 0.3 is 5.97 Å². The Balaban J connectivity index is 1.75. The molecule has 0 radical (unpaired) electrons. The SMILES string of the molecule is CCOC(=O)CCN1CCN(c2ccc(N)cc2)CC1. The average molecular weight is 277 g/mol. The van der Waals surface area contributed by atoms with Crippen molar-refractivity contribution in [2.75, 3.05) is 50.0 Å². The Morgan fingerprint density at radius 2 is 1.85 bits per heavy atom. The van der Waals surface area contributed by atoms with Gasteiger partial charge in [0.2, 0.25) is 0 Å². The molecule has 1 aromatic rings. The summed E-state index contributed by atoms with van der Waals surface area (Å²) in [5.41, 5.74) is 7.71. The summed E-state index contributed by atoms with van der Waals surface area (Å²) in [6.45, 7) is 6.99.